The zero-order valence-electron chi connectivity index (χ0n) is 10.7. The fraction of sp³-hybridized carbons (Fsp3) is 0.200. The largest absolute Gasteiger partial charge is 0.492 e. The molecule has 0 saturated carbocycles. The third kappa shape index (κ3) is 3.00. The smallest absolute Gasteiger partial charge is 0.416 e. The molecule has 6 heteroatoms. The van der Waals surface area contributed by atoms with E-state index in [2.05, 4.69) is 15.9 Å². The fourth-order valence-electron chi connectivity index (χ4n) is 2.14. The van der Waals surface area contributed by atoms with Gasteiger partial charge >= 0.3 is 6.18 Å². The van der Waals surface area contributed by atoms with Gasteiger partial charge in [0.05, 0.1) is 16.6 Å². The predicted octanol–water partition coefficient (Wildman–Crippen LogP) is 5.20. The highest BCUT2D eigenvalue weighted by Gasteiger charge is 2.30. The summed E-state index contributed by atoms with van der Waals surface area (Å²) in [7, 11) is 0. The monoisotopic (exact) mass is 358 g/mol. The lowest BCUT2D eigenvalue weighted by molar-refractivity contribution is -0.137. The summed E-state index contributed by atoms with van der Waals surface area (Å²) >= 11 is 3.40. The molecule has 2 aromatic carbocycles. The minimum Gasteiger partial charge on any atom is -0.492 e. The molecule has 0 bridgehead atoms. The molecule has 0 atom stereocenters. The van der Waals surface area contributed by atoms with Crippen molar-refractivity contribution in [2.24, 2.45) is 0 Å². The first-order chi connectivity index (χ1) is 9.93. The normalized spacial score (nSPS) is 13.7. The van der Waals surface area contributed by atoms with E-state index >= 15 is 0 Å². The van der Waals surface area contributed by atoms with Gasteiger partial charge in [0.2, 0.25) is 0 Å². The molecule has 3 rings (SSSR count). The second-order valence-electron chi connectivity index (χ2n) is 4.62. The van der Waals surface area contributed by atoms with E-state index in [1.165, 1.54) is 12.1 Å². The van der Waals surface area contributed by atoms with Gasteiger partial charge in [-0.05, 0) is 52.3 Å². The molecule has 1 aliphatic heterocycles. The maximum absolute atomic E-state index is 12.5. The molecule has 0 N–H and O–H groups in total. The van der Waals surface area contributed by atoms with Gasteiger partial charge in [-0.2, -0.15) is 13.2 Å². The van der Waals surface area contributed by atoms with E-state index in [-0.39, 0.29) is 0 Å². The molecule has 0 spiro atoms. The molecule has 2 aromatic rings. The summed E-state index contributed by atoms with van der Waals surface area (Å²) in [5.41, 5.74) is 0.324. The average Bonchev–Trinajstić information content (AvgIpc) is 2.87. The number of benzene rings is 2. The van der Waals surface area contributed by atoms with E-state index in [0.29, 0.717) is 18.1 Å². The fourth-order valence-corrected chi connectivity index (χ4v) is 2.73. The first-order valence-corrected chi connectivity index (χ1v) is 7.03. The second kappa shape index (κ2) is 5.26. The maximum Gasteiger partial charge on any atom is 0.416 e. The molecular formula is C15H10BrF3O2. The van der Waals surface area contributed by atoms with Gasteiger partial charge in [-0.1, -0.05) is 0 Å². The van der Waals surface area contributed by atoms with Crippen LogP contribution < -0.4 is 9.47 Å². The lowest BCUT2D eigenvalue weighted by Crippen LogP contribution is -2.03. The van der Waals surface area contributed by atoms with Crippen molar-refractivity contribution in [2.75, 3.05) is 6.61 Å². The van der Waals surface area contributed by atoms with E-state index < -0.39 is 11.7 Å². The number of halogens is 4. The Morgan fingerprint density at radius 2 is 1.76 bits per heavy atom. The van der Waals surface area contributed by atoms with Gasteiger partial charge in [0.25, 0.3) is 0 Å². The van der Waals surface area contributed by atoms with Crippen LogP contribution in [0.25, 0.3) is 0 Å². The third-order valence-electron chi connectivity index (χ3n) is 3.13. The van der Waals surface area contributed by atoms with Gasteiger partial charge in [0, 0.05) is 12.0 Å². The van der Waals surface area contributed by atoms with Crippen molar-refractivity contribution in [3.05, 3.63) is 52.0 Å². The average molecular weight is 359 g/mol. The van der Waals surface area contributed by atoms with E-state index in [9.17, 15) is 13.2 Å². The Morgan fingerprint density at radius 3 is 2.43 bits per heavy atom. The quantitative estimate of drug-likeness (QED) is 0.734. The van der Waals surface area contributed by atoms with Crippen LogP contribution in [0.1, 0.15) is 11.1 Å². The highest BCUT2D eigenvalue weighted by Crippen LogP contribution is 2.39. The Labute approximate surface area is 127 Å². The number of alkyl halides is 3. The molecule has 0 amide bonds. The summed E-state index contributed by atoms with van der Waals surface area (Å²) in [5, 5.41) is 0. The van der Waals surface area contributed by atoms with Gasteiger partial charge in [0.15, 0.2) is 0 Å². The van der Waals surface area contributed by atoms with Gasteiger partial charge in [-0.15, -0.1) is 0 Å². The van der Waals surface area contributed by atoms with Crippen LogP contribution in [-0.4, -0.2) is 6.61 Å². The molecule has 21 heavy (non-hydrogen) atoms. The molecule has 0 radical (unpaired) electrons. The zero-order valence-corrected chi connectivity index (χ0v) is 12.3. The van der Waals surface area contributed by atoms with E-state index in [0.717, 1.165) is 34.3 Å². The number of rotatable bonds is 2. The molecule has 0 aliphatic carbocycles. The summed E-state index contributed by atoms with van der Waals surface area (Å²) in [4.78, 5) is 0. The minimum atomic E-state index is -4.34. The molecule has 2 nitrogen and oxygen atoms in total. The van der Waals surface area contributed by atoms with Gasteiger partial charge < -0.3 is 9.47 Å². The SMILES string of the molecule is FC(F)(F)c1ccc(Oc2cc(Br)c3c(c2)CCO3)cc1. The lowest BCUT2D eigenvalue weighted by Gasteiger charge is -2.10. The van der Waals surface area contributed by atoms with Crippen molar-refractivity contribution in [1.29, 1.82) is 0 Å². The van der Waals surface area contributed by atoms with Gasteiger partial charge in [-0.25, -0.2) is 0 Å². The van der Waals surface area contributed by atoms with Crippen molar-refractivity contribution in [1.82, 2.24) is 0 Å². The Morgan fingerprint density at radius 1 is 1.05 bits per heavy atom. The Hall–Kier alpha value is -1.69. The Kier molecular flexibility index (Phi) is 3.57. The van der Waals surface area contributed by atoms with Crippen LogP contribution in [0.4, 0.5) is 13.2 Å². The summed E-state index contributed by atoms with van der Waals surface area (Å²) < 4.78 is 49.3. The van der Waals surface area contributed by atoms with Crippen LogP contribution in [-0.2, 0) is 12.6 Å². The standard InChI is InChI=1S/C15H10BrF3O2/c16-13-8-12(7-9-5-6-20-14(9)13)21-11-3-1-10(2-4-11)15(17,18)19/h1-4,7-8H,5-6H2. The third-order valence-corrected chi connectivity index (χ3v) is 3.72. The van der Waals surface area contributed by atoms with Crippen molar-refractivity contribution >= 4 is 15.9 Å². The van der Waals surface area contributed by atoms with Gasteiger partial charge in [0.1, 0.15) is 17.2 Å². The molecule has 1 aliphatic rings. The van der Waals surface area contributed by atoms with Crippen molar-refractivity contribution in [2.45, 2.75) is 12.6 Å². The Bertz CT molecular complexity index is 666. The van der Waals surface area contributed by atoms with Crippen LogP contribution in [0.15, 0.2) is 40.9 Å². The highest BCUT2D eigenvalue weighted by molar-refractivity contribution is 9.10. The van der Waals surface area contributed by atoms with Crippen LogP contribution in [0.5, 0.6) is 17.2 Å². The highest BCUT2D eigenvalue weighted by atomic mass is 79.9. The molecule has 1 heterocycles. The number of hydrogen-bond acceptors (Lipinski definition) is 2. The topological polar surface area (TPSA) is 18.5 Å². The molecule has 0 aromatic heterocycles. The molecule has 0 unspecified atom stereocenters. The molecule has 0 saturated heterocycles. The van der Waals surface area contributed by atoms with Crippen molar-refractivity contribution < 1.29 is 22.6 Å². The lowest BCUT2D eigenvalue weighted by atomic mass is 10.1. The van der Waals surface area contributed by atoms with E-state index in [1.807, 2.05) is 6.07 Å². The first-order valence-electron chi connectivity index (χ1n) is 6.24. The summed E-state index contributed by atoms with van der Waals surface area (Å²) in [5.74, 6) is 1.72. The number of hydrogen-bond donors (Lipinski definition) is 0. The number of ether oxygens (including phenoxy) is 2. The maximum atomic E-state index is 12.5. The summed E-state index contributed by atoms with van der Waals surface area (Å²) in [6, 6.07) is 8.19. The minimum absolute atomic E-state index is 0.355. The van der Waals surface area contributed by atoms with Gasteiger partial charge in [-0.3, -0.25) is 0 Å². The van der Waals surface area contributed by atoms with Crippen molar-refractivity contribution in [3.63, 3.8) is 0 Å². The molecule has 0 fully saturated rings. The summed E-state index contributed by atoms with van der Waals surface area (Å²) in [6.45, 7) is 0.623. The second-order valence-corrected chi connectivity index (χ2v) is 5.47. The van der Waals surface area contributed by atoms with Crippen LogP contribution in [0, 0.1) is 0 Å². The zero-order chi connectivity index (χ0) is 15.0. The molecule has 110 valence electrons. The van der Waals surface area contributed by atoms with Crippen LogP contribution in [0.3, 0.4) is 0 Å². The number of fused-ring (bicyclic) bond motifs is 1. The molecular weight excluding hydrogens is 349 g/mol. The first kappa shape index (κ1) is 14.3. The van der Waals surface area contributed by atoms with Crippen LogP contribution >= 0.6 is 15.9 Å². The predicted molar refractivity (Wildman–Crippen MR) is 74.9 cm³/mol. The van der Waals surface area contributed by atoms with E-state index in [4.69, 9.17) is 9.47 Å². The van der Waals surface area contributed by atoms with Crippen molar-refractivity contribution in [3.8, 4) is 17.2 Å². The van der Waals surface area contributed by atoms with Crippen LogP contribution in [0.2, 0.25) is 0 Å². The Balaban J connectivity index is 1.82. The van der Waals surface area contributed by atoms with E-state index in [1.54, 1.807) is 6.07 Å². The summed E-state index contributed by atoms with van der Waals surface area (Å²) in [6.07, 6.45) is -3.55.